The van der Waals surface area contributed by atoms with E-state index in [0.717, 1.165) is 0 Å². The standard InChI is InChI=1S/C45H72O2P2/c1-39(2,3)28-23-30(41(7,8)9)35(31(24-28)42(10,11)12)37-48(27-34(46)47-22)38(49(37)45(19,20)21)36-32(43(13,14)15)25-29(40(4,5)6)26-33(36)44(16,17)18/h23-26H,27H2,1-22H3. The Kier molecular flexibility index (Phi) is 11.2. The normalized spacial score (nSPS) is 17.8. The fourth-order valence-electron chi connectivity index (χ4n) is 6.87. The van der Waals surface area contributed by atoms with E-state index in [0.29, 0.717) is 6.16 Å². The zero-order valence-corrected chi connectivity index (χ0v) is 37.5. The van der Waals surface area contributed by atoms with Gasteiger partial charge in [-0.05, 0) is 90.1 Å². The molecule has 4 heteroatoms. The van der Waals surface area contributed by atoms with Crippen LogP contribution in [0, 0.1) is 0 Å². The summed E-state index contributed by atoms with van der Waals surface area (Å²) in [5.74, 6) is -0.105. The summed E-state index contributed by atoms with van der Waals surface area (Å²) in [5, 5.41) is 3.09. The van der Waals surface area contributed by atoms with Crippen molar-refractivity contribution in [3.8, 4) is 0 Å². The molecule has 0 fully saturated rings. The highest BCUT2D eigenvalue weighted by atomic mass is 31.2. The Labute approximate surface area is 304 Å². The van der Waals surface area contributed by atoms with Crippen molar-refractivity contribution in [2.45, 2.75) is 183 Å². The molecule has 0 saturated heterocycles. The van der Waals surface area contributed by atoms with Crippen LogP contribution in [-0.4, -0.2) is 34.5 Å². The lowest BCUT2D eigenvalue weighted by molar-refractivity contribution is -0.137. The molecule has 2 aromatic carbocycles. The molecule has 0 saturated carbocycles. The molecule has 0 aromatic heterocycles. The second-order valence-corrected chi connectivity index (χ2v) is 27.4. The number of hydrogen-bond donors (Lipinski definition) is 0. The Bertz CT molecular complexity index is 1510. The van der Waals surface area contributed by atoms with E-state index in [9.17, 15) is 4.79 Å². The first kappa shape index (κ1) is 41.8. The molecule has 274 valence electrons. The molecule has 0 atom stereocenters. The lowest BCUT2D eigenvalue weighted by atomic mass is 9.72. The number of esters is 1. The second-order valence-electron chi connectivity index (χ2n) is 21.7. The van der Waals surface area contributed by atoms with Gasteiger partial charge < -0.3 is 4.74 Å². The predicted octanol–water partition coefficient (Wildman–Crippen LogP) is 13.1. The average molecular weight is 707 g/mol. The Morgan fingerprint density at radius 1 is 0.490 bits per heavy atom. The molecule has 1 heterocycles. The van der Waals surface area contributed by atoms with Gasteiger partial charge in [0.25, 0.3) is 0 Å². The summed E-state index contributed by atoms with van der Waals surface area (Å²) < 4.78 is 5.52. The van der Waals surface area contributed by atoms with Crippen LogP contribution in [0.15, 0.2) is 24.3 Å². The highest BCUT2D eigenvalue weighted by Crippen LogP contribution is 2.69. The summed E-state index contributed by atoms with van der Waals surface area (Å²) in [6, 6.07) is 10.0. The molecule has 49 heavy (non-hydrogen) atoms. The van der Waals surface area contributed by atoms with E-state index in [4.69, 9.17) is 4.74 Å². The monoisotopic (exact) mass is 707 g/mol. The molecule has 0 N–H and O–H groups in total. The van der Waals surface area contributed by atoms with Crippen molar-refractivity contribution in [3.63, 3.8) is 0 Å². The van der Waals surface area contributed by atoms with E-state index < -0.39 is 15.1 Å². The molecule has 1 aliphatic heterocycles. The third-order valence-electron chi connectivity index (χ3n) is 9.81. The second kappa shape index (κ2) is 13.1. The van der Waals surface area contributed by atoms with Gasteiger partial charge in [-0.25, -0.2) is 0 Å². The maximum Gasteiger partial charge on any atom is 0.313 e. The van der Waals surface area contributed by atoms with Gasteiger partial charge in [-0.15, -0.1) is 0 Å². The van der Waals surface area contributed by atoms with E-state index >= 15 is 0 Å². The minimum absolute atomic E-state index is 0.00499. The third kappa shape index (κ3) is 8.72. The molecular weight excluding hydrogens is 634 g/mol. The SMILES string of the molecule is COC(=O)CP1=C(c2c(C(C)(C)C)cc(C(C)(C)C)cc2C(C)(C)C)P(C(C)(C)C)C=1c1c(C(C)(C)C)cc(C(C)(C)C)cc1C(C)(C)C. The van der Waals surface area contributed by atoms with Crippen molar-refractivity contribution >= 4 is 31.1 Å². The topological polar surface area (TPSA) is 26.3 Å². The first-order chi connectivity index (χ1) is 21.6. The van der Waals surface area contributed by atoms with Crippen molar-refractivity contribution in [1.29, 1.82) is 0 Å². The molecule has 2 aromatic rings. The summed E-state index contributed by atoms with van der Waals surface area (Å²) in [4.78, 5) is 13.6. The quantitative estimate of drug-likeness (QED) is 0.234. The predicted molar refractivity (Wildman–Crippen MR) is 224 cm³/mol. The van der Waals surface area contributed by atoms with Crippen molar-refractivity contribution in [2.75, 3.05) is 13.3 Å². The van der Waals surface area contributed by atoms with Crippen molar-refractivity contribution in [1.82, 2.24) is 0 Å². The van der Waals surface area contributed by atoms with Gasteiger partial charge in [0.2, 0.25) is 0 Å². The molecule has 2 nitrogen and oxygen atoms in total. The summed E-state index contributed by atoms with van der Waals surface area (Å²) in [7, 11) is -0.178. The summed E-state index contributed by atoms with van der Waals surface area (Å²) in [6.07, 6.45) is 0.424. The van der Waals surface area contributed by atoms with Gasteiger partial charge in [0.1, 0.15) is 0 Å². The number of methoxy groups -OCH3 is 1. The summed E-state index contributed by atoms with van der Waals surface area (Å²) >= 11 is 0. The number of carbonyl (C=O) groups is 1. The highest BCUT2D eigenvalue weighted by Gasteiger charge is 2.46. The van der Waals surface area contributed by atoms with Crippen LogP contribution < -0.4 is 0 Å². The highest BCUT2D eigenvalue weighted by molar-refractivity contribution is 8.15. The van der Waals surface area contributed by atoms with Crippen LogP contribution in [0.4, 0.5) is 0 Å². The van der Waals surface area contributed by atoms with Crippen molar-refractivity contribution < 1.29 is 9.53 Å². The largest absolute Gasteiger partial charge is 0.469 e. The molecule has 0 spiro atoms. The first-order valence-electron chi connectivity index (χ1n) is 18.4. The fraction of sp³-hybridized carbons (Fsp3) is 0.667. The van der Waals surface area contributed by atoms with E-state index in [2.05, 4.69) is 170 Å². The van der Waals surface area contributed by atoms with Crippen LogP contribution in [0.3, 0.4) is 0 Å². The van der Waals surface area contributed by atoms with Crippen molar-refractivity contribution in [3.05, 3.63) is 68.8 Å². The Balaban J connectivity index is 2.88. The average Bonchev–Trinajstić information content (AvgIpc) is 2.86. The number of rotatable bonds is 4. The summed E-state index contributed by atoms with van der Waals surface area (Å²) in [5.41, 5.74) is 11.1. The van der Waals surface area contributed by atoms with Crippen LogP contribution in [0.1, 0.15) is 190 Å². The smallest absolute Gasteiger partial charge is 0.313 e. The minimum atomic E-state index is -0.967. The van der Waals surface area contributed by atoms with Crippen LogP contribution in [0.25, 0.3) is 0 Å². The molecule has 3 rings (SSSR count). The van der Waals surface area contributed by atoms with Crippen LogP contribution >= 0.6 is 15.1 Å². The maximum absolute atomic E-state index is 13.6. The van der Waals surface area contributed by atoms with Gasteiger partial charge in [-0.2, -0.15) is 0 Å². The first-order valence-corrected chi connectivity index (χ1v) is 21.3. The lowest BCUT2D eigenvalue weighted by Gasteiger charge is -2.47. The molecular formula is C45H72O2P2. The number of hydrogen-bond acceptors (Lipinski definition) is 2. The number of ether oxygens (including phenoxy) is 1. The van der Waals surface area contributed by atoms with E-state index in [1.807, 2.05) is 0 Å². The van der Waals surface area contributed by atoms with Crippen molar-refractivity contribution in [2.24, 2.45) is 0 Å². The molecule has 0 amide bonds. The van der Waals surface area contributed by atoms with E-state index in [1.165, 1.54) is 44.5 Å². The zero-order valence-electron chi connectivity index (χ0n) is 35.7. The molecule has 0 aliphatic carbocycles. The Morgan fingerprint density at radius 2 is 0.755 bits per heavy atom. The molecule has 1 aliphatic rings. The zero-order chi connectivity index (χ0) is 38.2. The van der Waals surface area contributed by atoms with Crippen LogP contribution in [-0.2, 0) is 42.0 Å². The van der Waals surface area contributed by atoms with Gasteiger partial charge in [-0.1, -0.05) is 177 Å². The molecule has 0 radical (unpaired) electrons. The Morgan fingerprint density at radius 3 is 0.939 bits per heavy atom. The number of carbonyl (C=O) groups excluding carboxylic acids is 1. The lowest BCUT2D eigenvalue weighted by Crippen LogP contribution is -2.35. The fourth-order valence-corrected chi connectivity index (χ4v) is 15.8. The van der Waals surface area contributed by atoms with Gasteiger partial charge in [0.05, 0.1) is 13.3 Å². The van der Waals surface area contributed by atoms with Gasteiger partial charge in [-0.3, -0.25) is 4.79 Å². The molecule has 0 unspecified atom stereocenters. The summed E-state index contributed by atoms with van der Waals surface area (Å²) in [6.45, 7) is 49.8. The maximum atomic E-state index is 13.6. The van der Waals surface area contributed by atoms with E-state index in [1.54, 1.807) is 17.2 Å². The molecule has 0 bridgehead atoms. The van der Waals surface area contributed by atoms with Gasteiger partial charge in [0, 0.05) is 10.1 Å². The van der Waals surface area contributed by atoms with E-state index in [-0.39, 0.29) is 43.6 Å². The third-order valence-corrected chi connectivity index (χ3v) is 17.1. The van der Waals surface area contributed by atoms with Crippen LogP contribution in [0.5, 0.6) is 0 Å². The van der Waals surface area contributed by atoms with Gasteiger partial charge in [0.15, 0.2) is 0 Å². The number of benzene rings is 2. The minimum Gasteiger partial charge on any atom is -0.469 e. The van der Waals surface area contributed by atoms with Crippen LogP contribution in [0.2, 0.25) is 0 Å². The Hall–Kier alpha value is -1.62. The van der Waals surface area contributed by atoms with Gasteiger partial charge >= 0.3 is 5.97 Å².